The van der Waals surface area contributed by atoms with Gasteiger partial charge >= 0.3 is 12.2 Å². The first-order chi connectivity index (χ1) is 13.9. The van der Waals surface area contributed by atoms with Gasteiger partial charge in [0.2, 0.25) is 0 Å². The summed E-state index contributed by atoms with van der Waals surface area (Å²) >= 11 is 0. The van der Waals surface area contributed by atoms with E-state index in [-0.39, 0.29) is 12.2 Å². The van der Waals surface area contributed by atoms with Crippen LogP contribution in [0.1, 0.15) is 104 Å². The number of hydrogen-bond acceptors (Lipinski definition) is 4. The molecule has 0 bridgehead atoms. The van der Waals surface area contributed by atoms with Crippen LogP contribution in [-0.2, 0) is 9.47 Å². The number of nitrogens with two attached hydrogens (primary N) is 2. The van der Waals surface area contributed by atoms with E-state index in [0.717, 1.165) is 51.4 Å². The summed E-state index contributed by atoms with van der Waals surface area (Å²) in [5.74, 6) is 1.35. The maximum absolute atomic E-state index is 11.1. The molecule has 2 rings (SSSR count). The summed E-state index contributed by atoms with van der Waals surface area (Å²) < 4.78 is 10.6. The summed E-state index contributed by atoms with van der Waals surface area (Å²) in [5, 5.41) is 0. The first-order valence-electron chi connectivity index (χ1n) is 11.8. The molecule has 0 unspecified atom stereocenters. The van der Waals surface area contributed by atoms with Gasteiger partial charge in [0, 0.05) is 0 Å². The Morgan fingerprint density at radius 1 is 0.724 bits per heavy atom. The minimum Gasteiger partial charge on any atom is -0.446 e. The Bertz CT molecular complexity index is 463. The van der Waals surface area contributed by atoms with Crippen LogP contribution in [0.5, 0.6) is 0 Å². The molecule has 4 N–H and O–H groups in total. The summed E-state index contributed by atoms with van der Waals surface area (Å²) in [6.07, 6.45) is 14.3. The van der Waals surface area contributed by atoms with Gasteiger partial charge in [-0.15, -0.1) is 0 Å². The third-order valence-electron chi connectivity index (χ3n) is 7.53. The Morgan fingerprint density at radius 2 is 1.07 bits per heavy atom. The lowest BCUT2D eigenvalue weighted by atomic mass is 9.55. The Balaban J connectivity index is 2.12. The second kappa shape index (κ2) is 11.7. The predicted molar refractivity (Wildman–Crippen MR) is 114 cm³/mol. The molecular formula is C23H42N2O4. The molecule has 0 aromatic carbocycles. The maximum atomic E-state index is 11.1. The van der Waals surface area contributed by atoms with Crippen LogP contribution in [0.4, 0.5) is 9.59 Å². The summed E-state index contributed by atoms with van der Waals surface area (Å²) in [7, 11) is 0. The molecule has 0 aromatic heterocycles. The molecule has 29 heavy (non-hydrogen) atoms. The van der Waals surface area contributed by atoms with Crippen molar-refractivity contribution in [1.29, 1.82) is 0 Å². The Hall–Kier alpha value is -1.46. The highest BCUT2D eigenvalue weighted by molar-refractivity contribution is 5.65. The molecule has 0 aromatic rings. The number of carbonyl (C=O) groups excluding carboxylic acids is 2. The molecule has 168 valence electrons. The van der Waals surface area contributed by atoms with Gasteiger partial charge in [-0.05, 0) is 81.5 Å². The average Bonchev–Trinajstić information content (AvgIpc) is 2.69. The van der Waals surface area contributed by atoms with E-state index in [2.05, 4.69) is 13.8 Å². The molecule has 0 atom stereocenters. The van der Waals surface area contributed by atoms with Gasteiger partial charge in [0.05, 0.1) is 0 Å². The number of unbranched alkanes of at least 4 members (excludes halogenated alkanes) is 2. The molecule has 0 spiro atoms. The van der Waals surface area contributed by atoms with Crippen LogP contribution >= 0.6 is 0 Å². The van der Waals surface area contributed by atoms with Crippen molar-refractivity contribution in [2.45, 2.75) is 116 Å². The summed E-state index contributed by atoms with van der Waals surface area (Å²) in [6.45, 7) is 4.56. The fourth-order valence-corrected chi connectivity index (χ4v) is 6.13. The number of amides is 2. The Kier molecular flexibility index (Phi) is 9.57. The molecule has 6 heteroatoms. The fourth-order valence-electron chi connectivity index (χ4n) is 6.13. The standard InChI is InChI=1S/C23H42N2O4/c1-3-5-15-23(16-6-4-2,17-7-11-19(12-8-17)28-21(24)26)18-9-13-20(14-10-18)29-22(25)27/h17-20H,3-16H2,1-2H3,(H2,24,26)(H2,25,27). The average molecular weight is 411 g/mol. The molecule has 6 nitrogen and oxygen atoms in total. The summed E-state index contributed by atoms with van der Waals surface area (Å²) in [6, 6.07) is 0. The van der Waals surface area contributed by atoms with Crippen molar-refractivity contribution in [1.82, 2.24) is 0 Å². The summed E-state index contributed by atoms with van der Waals surface area (Å²) in [5.41, 5.74) is 10.8. The molecule has 2 amide bonds. The zero-order valence-corrected chi connectivity index (χ0v) is 18.5. The highest BCUT2D eigenvalue weighted by atomic mass is 16.6. The molecule has 0 saturated heterocycles. The van der Waals surface area contributed by atoms with Gasteiger partial charge in [-0.2, -0.15) is 0 Å². The van der Waals surface area contributed by atoms with Crippen LogP contribution in [0.3, 0.4) is 0 Å². The van der Waals surface area contributed by atoms with Gasteiger partial charge < -0.3 is 20.9 Å². The third-order valence-corrected chi connectivity index (χ3v) is 7.53. The van der Waals surface area contributed by atoms with Crippen molar-refractivity contribution < 1.29 is 19.1 Å². The largest absolute Gasteiger partial charge is 0.446 e. The van der Waals surface area contributed by atoms with E-state index < -0.39 is 12.2 Å². The van der Waals surface area contributed by atoms with E-state index in [1.165, 1.54) is 38.5 Å². The van der Waals surface area contributed by atoms with Crippen LogP contribution < -0.4 is 11.5 Å². The first kappa shape index (κ1) is 23.8. The molecule has 0 heterocycles. The lowest BCUT2D eigenvalue weighted by Gasteiger charge is -2.51. The lowest BCUT2D eigenvalue weighted by Crippen LogP contribution is -2.44. The third kappa shape index (κ3) is 6.78. The normalized spacial score (nSPS) is 27.9. The molecule has 2 aliphatic carbocycles. The second-order valence-electron chi connectivity index (χ2n) is 9.26. The van der Waals surface area contributed by atoms with Crippen LogP contribution in [0.25, 0.3) is 0 Å². The van der Waals surface area contributed by atoms with E-state index in [0.29, 0.717) is 17.3 Å². The minimum atomic E-state index is -0.649. The van der Waals surface area contributed by atoms with Crippen molar-refractivity contribution in [2.75, 3.05) is 0 Å². The zero-order valence-electron chi connectivity index (χ0n) is 18.5. The van der Waals surface area contributed by atoms with Gasteiger partial charge in [-0.1, -0.05) is 39.5 Å². The predicted octanol–water partition coefficient (Wildman–Crippen LogP) is 5.66. The molecule has 2 saturated carbocycles. The highest BCUT2D eigenvalue weighted by Gasteiger charge is 2.46. The van der Waals surface area contributed by atoms with Crippen LogP contribution in [0.2, 0.25) is 0 Å². The lowest BCUT2D eigenvalue weighted by molar-refractivity contribution is -0.0375. The number of ether oxygens (including phenoxy) is 2. The SMILES string of the molecule is CCCCC(CCCC)(C1CCC(OC(N)=O)CC1)C1CCC(OC(N)=O)CC1. The van der Waals surface area contributed by atoms with E-state index in [4.69, 9.17) is 20.9 Å². The van der Waals surface area contributed by atoms with E-state index >= 15 is 0 Å². The maximum Gasteiger partial charge on any atom is 0.404 e. The highest BCUT2D eigenvalue weighted by Crippen LogP contribution is 2.55. The van der Waals surface area contributed by atoms with Crippen molar-refractivity contribution in [2.24, 2.45) is 28.7 Å². The minimum absolute atomic E-state index is 0.0153. The molecule has 2 fully saturated rings. The summed E-state index contributed by atoms with van der Waals surface area (Å²) in [4.78, 5) is 22.3. The van der Waals surface area contributed by atoms with E-state index in [1.807, 2.05) is 0 Å². The van der Waals surface area contributed by atoms with Gasteiger partial charge in [0.25, 0.3) is 0 Å². The van der Waals surface area contributed by atoms with Crippen LogP contribution in [0, 0.1) is 17.3 Å². The Labute approximate surface area is 176 Å². The van der Waals surface area contributed by atoms with E-state index in [1.54, 1.807) is 0 Å². The monoisotopic (exact) mass is 410 g/mol. The zero-order chi connectivity index (χ0) is 21.3. The van der Waals surface area contributed by atoms with Gasteiger partial charge in [-0.25, -0.2) is 9.59 Å². The number of hydrogen-bond donors (Lipinski definition) is 2. The van der Waals surface area contributed by atoms with Crippen molar-refractivity contribution in [3.8, 4) is 0 Å². The van der Waals surface area contributed by atoms with Crippen molar-refractivity contribution >= 4 is 12.2 Å². The molecule has 0 aliphatic heterocycles. The smallest absolute Gasteiger partial charge is 0.404 e. The molecule has 2 aliphatic rings. The van der Waals surface area contributed by atoms with Gasteiger partial charge in [0.15, 0.2) is 0 Å². The molecular weight excluding hydrogens is 368 g/mol. The van der Waals surface area contributed by atoms with Gasteiger partial charge in [-0.3, -0.25) is 0 Å². The van der Waals surface area contributed by atoms with Crippen molar-refractivity contribution in [3.63, 3.8) is 0 Å². The molecule has 0 radical (unpaired) electrons. The second-order valence-corrected chi connectivity index (χ2v) is 9.26. The van der Waals surface area contributed by atoms with Gasteiger partial charge in [0.1, 0.15) is 12.2 Å². The van der Waals surface area contributed by atoms with Crippen molar-refractivity contribution in [3.05, 3.63) is 0 Å². The quantitative estimate of drug-likeness (QED) is 0.484. The van der Waals surface area contributed by atoms with Crippen LogP contribution in [-0.4, -0.2) is 24.4 Å². The Morgan fingerprint density at radius 3 is 1.34 bits per heavy atom. The first-order valence-corrected chi connectivity index (χ1v) is 11.8. The number of carbonyl (C=O) groups is 2. The number of rotatable bonds is 10. The fraction of sp³-hybridized carbons (Fsp3) is 0.913. The topological polar surface area (TPSA) is 105 Å². The number of primary amides is 2. The van der Waals surface area contributed by atoms with E-state index in [9.17, 15) is 9.59 Å². The van der Waals surface area contributed by atoms with Crippen LogP contribution in [0.15, 0.2) is 0 Å².